The van der Waals surface area contributed by atoms with Crippen molar-refractivity contribution in [3.63, 3.8) is 0 Å². The first-order chi connectivity index (χ1) is 6.81. The number of para-hydroxylation sites is 1. The molecule has 1 heterocycles. The van der Waals surface area contributed by atoms with E-state index >= 15 is 0 Å². The predicted octanol–water partition coefficient (Wildman–Crippen LogP) is 2.64. The Hall–Kier alpha value is -1.41. The third-order valence-electron chi connectivity index (χ3n) is 2.48. The van der Waals surface area contributed by atoms with Gasteiger partial charge >= 0.3 is 0 Å². The summed E-state index contributed by atoms with van der Waals surface area (Å²) in [6, 6.07) is 10.3. The summed E-state index contributed by atoms with van der Waals surface area (Å²) in [5.41, 5.74) is 8.09. The first-order valence-corrected chi connectivity index (χ1v) is 4.91. The summed E-state index contributed by atoms with van der Waals surface area (Å²) in [6.07, 6.45) is 2.82. The Labute approximate surface area is 83.8 Å². The Kier molecular flexibility index (Phi) is 2.46. The van der Waals surface area contributed by atoms with Crippen LogP contribution >= 0.6 is 0 Å². The average molecular weight is 186 g/mol. The highest BCUT2D eigenvalue weighted by atomic mass is 14.7. The van der Waals surface area contributed by atoms with Crippen LogP contribution in [0.25, 0.3) is 10.9 Å². The number of fused-ring (bicyclic) bond motifs is 1. The molecule has 0 bridgehead atoms. The Morgan fingerprint density at radius 1 is 1.36 bits per heavy atom. The second kappa shape index (κ2) is 3.76. The van der Waals surface area contributed by atoms with Crippen molar-refractivity contribution in [2.45, 2.75) is 19.4 Å². The van der Waals surface area contributed by atoms with Gasteiger partial charge in [0.2, 0.25) is 0 Å². The maximum Gasteiger partial charge on any atom is 0.0702 e. The van der Waals surface area contributed by atoms with Crippen molar-refractivity contribution in [1.29, 1.82) is 0 Å². The van der Waals surface area contributed by atoms with Gasteiger partial charge in [-0.3, -0.25) is 4.98 Å². The Morgan fingerprint density at radius 2 is 2.14 bits per heavy atom. The molecular formula is C12H14N2. The maximum absolute atomic E-state index is 5.95. The van der Waals surface area contributed by atoms with E-state index in [0.29, 0.717) is 0 Å². The van der Waals surface area contributed by atoms with Crippen LogP contribution in [0.1, 0.15) is 24.9 Å². The van der Waals surface area contributed by atoms with Crippen LogP contribution < -0.4 is 5.73 Å². The van der Waals surface area contributed by atoms with Crippen LogP contribution in [0.2, 0.25) is 0 Å². The summed E-state index contributed by atoms with van der Waals surface area (Å²) in [4.78, 5) is 4.37. The van der Waals surface area contributed by atoms with Crippen molar-refractivity contribution < 1.29 is 0 Å². The largest absolute Gasteiger partial charge is 0.324 e. The molecule has 1 atom stereocenters. The monoisotopic (exact) mass is 186 g/mol. The molecule has 0 amide bonds. The number of rotatable bonds is 2. The lowest BCUT2D eigenvalue weighted by Crippen LogP contribution is -2.08. The van der Waals surface area contributed by atoms with Gasteiger partial charge in [0.25, 0.3) is 0 Å². The zero-order valence-electron chi connectivity index (χ0n) is 8.27. The second-order valence-corrected chi connectivity index (χ2v) is 3.48. The van der Waals surface area contributed by atoms with E-state index in [1.807, 2.05) is 24.4 Å². The third kappa shape index (κ3) is 1.61. The summed E-state index contributed by atoms with van der Waals surface area (Å²) in [6.45, 7) is 2.08. The van der Waals surface area contributed by atoms with Gasteiger partial charge in [-0.15, -0.1) is 0 Å². The lowest BCUT2D eigenvalue weighted by molar-refractivity contribution is 0.697. The molecule has 0 aliphatic heterocycles. The van der Waals surface area contributed by atoms with E-state index in [-0.39, 0.29) is 6.04 Å². The predicted molar refractivity (Wildman–Crippen MR) is 59.0 cm³/mol. The number of aromatic nitrogens is 1. The number of benzene rings is 1. The topological polar surface area (TPSA) is 38.9 Å². The van der Waals surface area contributed by atoms with E-state index < -0.39 is 0 Å². The van der Waals surface area contributed by atoms with Crippen LogP contribution in [0.15, 0.2) is 36.5 Å². The van der Waals surface area contributed by atoms with Gasteiger partial charge in [0.1, 0.15) is 0 Å². The minimum Gasteiger partial charge on any atom is -0.324 e. The van der Waals surface area contributed by atoms with Gasteiger partial charge < -0.3 is 5.73 Å². The number of hydrogen-bond acceptors (Lipinski definition) is 2. The van der Waals surface area contributed by atoms with E-state index in [0.717, 1.165) is 22.9 Å². The number of nitrogens with zero attached hydrogens (tertiary/aromatic N) is 1. The van der Waals surface area contributed by atoms with Crippen LogP contribution in [0.4, 0.5) is 0 Å². The second-order valence-electron chi connectivity index (χ2n) is 3.48. The zero-order chi connectivity index (χ0) is 9.97. The minimum absolute atomic E-state index is 0.104. The van der Waals surface area contributed by atoms with Crippen molar-refractivity contribution in [1.82, 2.24) is 4.98 Å². The smallest absolute Gasteiger partial charge is 0.0702 e. The lowest BCUT2D eigenvalue weighted by atomic mass is 10.1. The molecule has 0 aliphatic carbocycles. The van der Waals surface area contributed by atoms with Crippen molar-refractivity contribution in [2.75, 3.05) is 0 Å². The lowest BCUT2D eigenvalue weighted by Gasteiger charge is -2.08. The van der Waals surface area contributed by atoms with Crippen molar-refractivity contribution in [3.8, 4) is 0 Å². The van der Waals surface area contributed by atoms with Crippen LogP contribution in [0.5, 0.6) is 0 Å². The molecule has 1 aromatic heterocycles. The first kappa shape index (κ1) is 9.16. The van der Waals surface area contributed by atoms with Crippen LogP contribution in [0, 0.1) is 0 Å². The highest BCUT2D eigenvalue weighted by molar-refractivity contribution is 5.78. The molecule has 0 spiro atoms. The summed E-state index contributed by atoms with van der Waals surface area (Å²) < 4.78 is 0. The molecule has 0 saturated carbocycles. The third-order valence-corrected chi connectivity index (χ3v) is 2.48. The quantitative estimate of drug-likeness (QED) is 0.783. The molecule has 1 unspecified atom stereocenters. The molecule has 0 fully saturated rings. The molecule has 0 radical (unpaired) electrons. The average Bonchev–Trinajstić information content (AvgIpc) is 2.27. The van der Waals surface area contributed by atoms with E-state index in [2.05, 4.69) is 24.0 Å². The fourth-order valence-corrected chi connectivity index (χ4v) is 1.53. The summed E-state index contributed by atoms with van der Waals surface area (Å²) in [7, 11) is 0. The van der Waals surface area contributed by atoms with Crippen LogP contribution in [-0.4, -0.2) is 4.98 Å². The Morgan fingerprint density at radius 3 is 2.93 bits per heavy atom. The van der Waals surface area contributed by atoms with Gasteiger partial charge in [-0.1, -0.05) is 25.1 Å². The van der Waals surface area contributed by atoms with Gasteiger partial charge in [-0.25, -0.2) is 0 Å². The van der Waals surface area contributed by atoms with Crippen LogP contribution in [-0.2, 0) is 0 Å². The Bertz CT molecular complexity index is 437. The molecule has 2 heteroatoms. The molecular weight excluding hydrogens is 172 g/mol. The molecule has 0 aliphatic rings. The number of nitrogens with two attached hydrogens (primary N) is 1. The normalized spacial score (nSPS) is 13.0. The molecule has 2 rings (SSSR count). The molecule has 0 saturated heterocycles. The molecule has 1 aromatic carbocycles. The van der Waals surface area contributed by atoms with Gasteiger partial charge in [0, 0.05) is 17.6 Å². The summed E-state index contributed by atoms with van der Waals surface area (Å²) >= 11 is 0. The zero-order valence-corrected chi connectivity index (χ0v) is 8.27. The molecule has 14 heavy (non-hydrogen) atoms. The molecule has 2 aromatic rings. The highest BCUT2D eigenvalue weighted by Gasteiger charge is 2.03. The summed E-state index contributed by atoms with van der Waals surface area (Å²) in [5, 5.41) is 1.16. The molecule has 72 valence electrons. The van der Waals surface area contributed by atoms with E-state index in [9.17, 15) is 0 Å². The van der Waals surface area contributed by atoms with E-state index in [4.69, 9.17) is 5.73 Å². The standard InChI is InChI=1S/C12H14N2/c1-2-11(13)10-7-9-5-3-4-6-12(9)14-8-10/h3-8,11H,2,13H2,1H3. The van der Waals surface area contributed by atoms with Gasteiger partial charge in [0.05, 0.1) is 5.52 Å². The van der Waals surface area contributed by atoms with Crippen molar-refractivity contribution in [3.05, 3.63) is 42.1 Å². The van der Waals surface area contributed by atoms with Gasteiger partial charge in [-0.2, -0.15) is 0 Å². The molecule has 2 N–H and O–H groups in total. The first-order valence-electron chi connectivity index (χ1n) is 4.91. The number of hydrogen-bond donors (Lipinski definition) is 1. The van der Waals surface area contributed by atoms with E-state index in [1.54, 1.807) is 0 Å². The fraction of sp³-hybridized carbons (Fsp3) is 0.250. The maximum atomic E-state index is 5.95. The SMILES string of the molecule is CCC(N)c1cnc2ccccc2c1. The van der Waals surface area contributed by atoms with Crippen molar-refractivity contribution in [2.24, 2.45) is 5.73 Å². The highest BCUT2D eigenvalue weighted by Crippen LogP contribution is 2.18. The van der Waals surface area contributed by atoms with Gasteiger partial charge in [-0.05, 0) is 24.1 Å². The fourth-order valence-electron chi connectivity index (χ4n) is 1.53. The van der Waals surface area contributed by atoms with Crippen molar-refractivity contribution >= 4 is 10.9 Å². The van der Waals surface area contributed by atoms with Gasteiger partial charge in [0.15, 0.2) is 0 Å². The minimum atomic E-state index is 0.104. The number of pyridine rings is 1. The molecule has 2 nitrogen and oxygen atoms in total. The van der Waals surface area contributed by atoms with E-state index in [1.165, 1.54) is 0 Å². The Balaban J connectivity index is 2.51. The van der Waals surface area contributed by atoms with Crippen LogP contribution in [0.3, 0.4) is 0 Å². The summed E-state index contributed by atoms with van der Waals surface area (Å²) in [5.74, 6) is 0.